The van der Waals surface area contributed by atoms with E-state index < -0.39 is 12.0 Å². The van der Waals surface area contributed by atoms with Gasteiger partial charge in [-0.05, 0) is 51.3 Å². The smallest absolute Gasteiger partial charge is 0.331 e. The first-order chi connectivity index (χ1) is 9.16. The minimum absolute atomic E-state index is 0.172. The van der Waals surface area contributed by atoms with Crippen molar-refractivity contribution >= 4 is 11.9 Å². The first-order valence-electron chi connectivity index (χ1n) is 6.76. The minimum atomic E-state index is -0.996. The van der Waals surface area contributed by atoms with Crippen molar-refractivity contribution in [3.63, 3.8) is 0 Å². The van der Waals surface area contributed by atoms with E-state index in [0.717, 1.165) is 16.7 Å². The highest BCUT2D eigenvalue weighted by atomic mass is 16.4. The van der Waals surface area contributed by atoms with Crippen molar-refractivity contribution in [1.29, 1.82) is 0 Å². The Morgan fingerprint density at radius 1 is 1.10 bits per heavy atom. The maximum Gasteiger partial charge on any atom is 0.331 e. The summed E-state index contributed by atoms with van der Waals surface area (Å²) in [4.78, 5) is 25.0. The molecule has 1 unspecified atom stereocenters. The highest BCUT2D eigenvalue weighted by Crippen LogP contribution is 2.30. The zero-order valence-corrected chi connectivity index (χ0v) is 13.0. The van der Waals surface area contributed by atoms with Crippen LogP contribution < -0.4 is 0 Å². The van der Waals surface area contributed by atoms with Crippen LogP contribution in [0.2, 0.25) is 0 Å². The molecule has 0 saturated carbocycles. The zero-order valence-electron chi connectivity index (χ0n) is 13.0. The van der Waals surface area contributed by atoms with Crippen LogP contribution in [-0.4, -0.2) is 27.9 Å². The molecule has 0 radical (unpaired) electrons. The quantitative estimate of drug-likeness (QED) is 0.920. The van der Waals surface area contributed by atoms with Crippen LogP contribution in [0.3, 0.4) is 0 Å². The van der Waals surface area contributed by atoms with Gasteiger partial charge in [0.15, 0.2) is 6.04 Å². The number of carbonyl (C=O) groups excluding carboxylic acids is 1. The number of aliphatic carboxylic acids is 1. The molecule has 1 atom stereocenters. The number of amides is 1. The number of carbonyl (C=O) groups is 2. The van der Waals surface area contributed by atoms with Crippen LogP contribution in [0.5, 0.6) is 0 Å². The Hall–Kier alpha value is -1.84. The summed E-state index contributed by atoms with van der Waals surface area (Å²) in [6.45, 7) is 10.8. The van der Waals surface area contributed by atoms with Gasteiger partial charge in [0.2, 0.25) is 5.91 Å². The van der Waals surface area contributed by atoms with E-state index in [0.29, 0.717) is 5.56 Å². The van der Waals surface area contributed by atoms with Gasteiger partial charge < -0.3 is 10.0 Å². The summed E-state index contributed by atoms with van der Waals surface area (Å²) in [6, 6.07) is 2.80. The number of hydrogen-bond acceptors (Lipinski definition) is 2. The van der Waals surface area contributed by atoms with Crippen LogP contribution in [0.15, 0.2) is 12.1 Å². The Morgan fingerprint density at radius 3 is 1.85 bits per heavy atom. The molecule has 0 aliphatic carbocycles. The SMILES string of the molecule is CC(=O)N(C(C)C)C(C(=O)O)c1c(C)cc(C)cc1C. The lowest BCUT2D eigenvalue weighted by atomic mass is 9.92. The van der Waals surface area contributed by atoms with Crippen LogP contribution in [0.1, 0.15) is 49.1 Å². The van der Waals surface area contributed by atoms with Crippen LogP contribution >= 0.6 is 0 Å². The number of carboxylic acids is 1. The topological polar surface area (TPSA) is 57.6 Å². The fourth-order valence-electron chi connectivity index (χ4n) is 2.85. The summed E-state index contributed by atoms with van der Waals surface area (Å²) in [5, 5.41) is 9.62. The molecule has 1 aromatic rings. The van der Waals surface area contributed by atoms with Crippen molar-refractivity contribution < 1.29 is 14.7 Å². The van der Waals surface area contributed by atoms with E-state index in [2.05, 4.69) is 0 Å². The maximum atomic E-state index is 11.9. The summed E-state index contributed by atoms with van der Waals surface area (Å²) < 4.78 is 0. The third kappa shape index (κ3) is 3.18. The van der Waals surface area contributed by atoms with Gasteiger partial charge in [0.1, 0.15) is 0 Å². The molecule has 0 fully saturated rings. The summed E-state index contributed by atoms with van der Waals surface area (Å²) >= 11 is 0. The molecular formula is C16H23NO3. The molecule has 0 saturated heterocycles. The van der Waals surface area contributed by atoms with Crippen LogP contribution in [0, 0.1) is 20.8 Å². The van der Waals surface area contributed by atoms with Gasteiger partial charge in [0.05, 0.1) is 0 Å². The standard InChI is InChI=1S/C16H23NO3/c1-9(2)17(13(6)18)15(16(19)20)14-11(4)7-10(3)8-12(14)5/h7-9,15H,1-6H3,(H,19,20). The van der Waals surface area contributed by atoms with Crippen molar-refractivity contribution in [2.24, 2.45) is 0 Å². The third-order valence-electron chi connectivity index (χ3n) is 3.44. The lowest BCUT2D eigenvalue weighted by molar-refractivity contribution is -0.151. The van der Waals surface area contributed by atoms with E-state index in [4.69, 9.17) is 0 Å². The lowest BCUT2D eigenvalue weighted by Gasteiger charge is -2.33. The lowest BCUT2D eigenvalue weighted by Crippen LogP contribution is -2.42. The molecule has 0 aromatic heterocycles. The summed E-state index contributed by atoms with van der Waals surface area (Å²) in [5.41, 5.74) is 3.61. The van der Waals surface area contributed by atoms with E-state index in [1.54, 1.807) is 0 Å². The summed E-state index contributed by atoms with van der Waals surface area (Å²) in [7, 11) is 0. The van der Waals surface area contributed by atoms with Crippen molar-refractivity contribution in [3.8, 4) is 0 Å². The molecule has 1 N–H and O–H groups in total. The van der Waals surface area contributed by atoms with Gasteiger partial charge in [-0.25, -0.2) is 4.79 Å². The number of aryl methyl sites for hydroxylation is 3. The van der Waals surface area contributed by atoms with Gasteiger partial charge in [-0.3, -0.25) is 4.79 Å². The fourth-order valence-corrected chi connectivity index (χ4v) is 2.85. The van der Waals surface area contributed by atoms with Crippen LogP contribution in [0.25, 0.3) is 0 Å². The summed E-state index contributed by atoms with van der Waals surface area (Å²) in [5.74, 6) is -1.23. The second-order valence-electron chi connectivity index (χ2n) is 5.57. The van der Waals surface area contributed by atoms with Gasteiger partial charge in [0.25, 0.3) is 0 Å². The first kappa shape index (κ1) is 16.2. The second-order valence-corrected chi connectivity index (χ2v) is 5.57. The van der Waals surface area contributed by atoms with Crippen molar-refractivity contribution in [2.45, 2.75) is 53.6 Å². The van der Waals surface area contributed by atoms with Crippen molar-refractivity contribution in [2.75, 3.05) is 0 Å². The molecular weight excluding hydrogens is 254 g/mol. The molecule has 4 heteroatoms. The number of rotatable bonds is 4. The second kappa shape index (κ2) is 6.07. The molecule has 0 heterocycles. The maximum absolute atomic E-state index is 11.9. The Bertz CT molecular complexity index is 512. The van der Waals surface area contributed by atoms with Crippen molar-refractivity contribution in [3.05, 3.63) is 34.4 Å². The van der Waals surface area contributed by atoms with E-state index in [1.165, 1.54) is 11.8 Å². The number of benzene rings is 1. The molecule has 0 bridgehead atoms. The molecule has 110 valence electrons. The number of nitrogens with zero attached hydrogens (tertiary/aromatic N) is 1. The van der Waals surface area contributed by atoms with Gasteiger partial charge in [0, 0.05) is 13.0 Å². The minimum Gasteiger partial charge on any atom is -0.479 e. The predicted octanol–water partition coefficient (Wildman–Crippen LogP) is 2.99. The van der Waals surface area contributed by atoms with Crippen LogP contribution in [0.4, 0.5) is 0 Å². The van der Waals surface area contributed by atoms with E-state index in [1.807, 2.05) is 46.8 Å². The Kier molecular flexibility index (Phi) is 4.93. The van der Waals surface area contributed by atoms with Crippen molar-refractivity contribution in [1.82, 2.24) is 4.90 Å². The monoisotopic (exact) mass is 277 g/mol. The zero-order chi connectivity index (χ0) is 15.6. The average Bonchev–Trinajstić information content (AvgIpc) is 2.24. The molecule has 0 spiro atoms. The molecule has 20 heavy (non-hydrogen) atoms. The van der Waals surface area contributed by atoms with Crippen LogP contribution in [-0.2, 0) is 9.59 Å². The van der Waals surface area contributed by atoms with Gasteiger partial charge >= 0.3 is 5.97 Å². The van der Waals surface area contributed by atoms with Gasteiger partial charge in [-0.2, -0.15) is 0 Å². The van der Waals surface area contributed by atoms with E-state index in [-0.39, 0.29) is 11.9 Å². The Labute approximate surface area is 120 Å². The Morgan fingerprint density at radius 2 is 1.55 bits per heavy atom. The molecule has 1 amide bonds. The summed E-state index contributed by atoms with van der Waals surface area (Å²) in [6.07, 6.45) is 0. The largest absolute Gasteiger partial charge is 0.479 e. The Balaban J connectivity index is 3.49. The first-order valence-corrected chi connectivity index (χ1v) is 6.76. The fraction of sp³-hybridized carbons (Fsp3) is 0.500. The normalized spacial score (nSPS) is 12.3. The predicted molar refractivity (Wildman–Crippen MR) is 78.7 cm³/mol. The number of hydrogen-bond donors (Lipinski definition) is 1. The molecule has 0 aliphatic heterocycles. The molecule has 1 rings (SSSR count). The highest BCUT2D eigenvalue weighted by Gasteiger charge is 2.33. The van der Waals surface area contributed by atoms with E-state index >= 15 is 0 Å². The van der Waals surface area contributed by atoms with Gasteiger partial charge in [-0.1, -0.05) is 17.7 Å². The van der Waals surface area contributed by atoms with E-state index in [9.17, 15) is 14.7 Å². The third-order valence-corrected chi connectivity index (χ3v) is 3.44. The average molecular weight is 277 g/mol. The number of carboxylic acid groups (broad SMARTS) is 1. The molecule has 4 nitrogen and oxygen atoms in total. The molecule has 1 aromatic carbocycles. The molecule has 0 aliphatic rings. The van der Waals surface area contributed by atoms with Gasteiger partial charge in [-0.15, -0.1) is 0 Å². The highest BCUT2D eigenvalue weighted by molar-refractivity contribution is 5.84.